The SMILES string of the molecule is C=C/C=C(/CC1CCC(=O)Nc2cc(C)ccc21)N=C(CCC)CCCC. The number of hydrogen-bond donors (Lipinski definition) is 1. The Hall–Kier alpha value is -2.16. The molecule has 1 amide bonds. The lowest BCUT2D eigenvalue weighted by atomic mass is 9.89. The molecule has 2 rings (SSSR count). The van der Waals surface area contributed by atoms with Crippen LogP contribution in [0.1, 0.15) is 82.3 Å². The molecule has 3 heteroatoms. The third-order valence-electron chi connectivity index (χ3n) is 5.07. The second-order valence-electron chi connectivity index (χ2n) is 7.50. The predicted octanol–water partition coefficient (Wildman–Crippen LogP) is 6.70. The summed E-state index contributed by atoms with van der Waals surface area (Å²) in [7, 11) is 0. The lowest BCUT2D eigenvalue weighted by Crippen LogP contribution is -2.09. The summed E-state index contributed by atoms with van der Waals surface area (Å²) >= 11 is 0. The van der Waals surface area contributed by atoms with Gasteiger partial charge in [0.25, 0.3) is 0 Å². The molecule has 1 heterocycles. The van der Waals surface area contributed by atoms with Crippen molar-refractivity contribution in [1.29, 1.82) is 0 Å². The van der Waals surface area contributed by atoms with E-state index in [1.807, 2.05) is 12.2 Å². The summed E-state index contributed by atoms with van der Waals surface area (Å²) in [6, 6.07) is 6.38. The van der Waals surface area contributed by atoms with E-state index in [0.29, 0.717) is 12.3 Å². The van der Waals surface area contributed by atoms with Gasteiger partial charge in [-0.1, -0.05) is 51.5 Å². The molecule has 1 aliphatic rings. The highest BCUT2D eigenvalue weighted by atomic mass is 16.1. The van der Waals surface area contributed by atoms with Crippen molar-refractivity contribution in [2.24, 2.45) is 4.99 Å². The van der Waals surface area contributed by atoms with Crippen LogP contribution in [0.25, 0.3) is 0 Å². The normalized spacial score (nSPS) is 17.9. The van der Waals surface area contributed by atoms with Gasteiger partial charge in [0.05, 0.1) is 0 Å². The van der Waals surface area contributed by atoms with Gasteiger partial charge in [0.1, 0.15) is 0 Å². The number of aliphatic imine (C=N–C) groups is 1. The van der Waals surface area contributed by atoms with E-state index in [-0.39, 0.29) is 5.91 Å². The fourth-order valence-electron chi connectivity index (χ4n) is 3.67. The lowest BCUT2D eigenvalue weighted by molar-refractivity contribution is -0.116. The second-order valence-corrected chi connectivity index (χ2v) is 7.50. The average molecular weight is 367 g/mol. The van der Waals surface area contributed by atoms with Crippen LogP contribution < -0.4 is 5.32 Å². The van der Waals surface area contributed by atoms with Crippen LogP contribution >= 0.6 is 0 Å². The monoisotopic (exact) mass is 366 g/mol. The highest BCUT2D eigenvalue weighted by Gasteiger charge is 2.23. The molecule has 3 nitrogen and oxygen atoms in total. The Bertz CT molecular complexity index is 715. The molecule has 0 saturated carbocycles. The standard InChI is InChI=1S/C24H34N2O/c1-5-8-11-20(9-6-2)25-21(10-7-3)17-19-13-15-24(27)26-23-16-18(4)12-14-22(19)23/h7,10,12,14,16,19H,3,5-6,8-9,11,13,15,17H2,1-2,4H3,(H,26,27)/b21-10-,25-20?. The number of carbonyl (C=O) groups excluding carboxylic acids is 1. The maximum atomic E-state index is 12.1. The molecule has 1 aromatic rings. The highest BCUT2D eigenvalue weighted by Crippen LogP contribution is 2.36. The zero-order valence-electron chi connectivity index (χ0n) is 17.2. The molecule has 1 aromatic carbocycles. The lowest BCUT2D eigenvalue weighted by Gasteiger charge is -2.18. The Balaban J connectivity index is 2.28. The van der Waals surface area contributed by atoms with Gasteiger partial charge in [-0.25, -0.2) is 0 Å². The maximum absolute atomic E-state index is 12.1. The van der Waals surface area contributed by atoms with Gasteiger partial charge < -0.3 is 5.32 Å². The molecule has 0 spiro atoms. The number of hydrogen-bond acceptors (Lipinski definition) is 2. The Kier molecular flexibility index (Phi) is 8.50. The largest absolute Gasteiger partial charge is 0.326 e. The number of allylic oxidation sites excluding steroid dienone is 3. The molecule has 0 fully saturated rings. The number of aryl methyl sites for hydroxylation is 1. The van der Waals surface area contributed by atoms with E-state index < -0.39 is 0 Å². The van der Waals surface area contributed by atoms with E-state index in [1.165, 1.54) is 29.7 Å². The van der Waals surface area contributed by atoms with Crippen molar-refractivity contribution in [3.8, 4) is 0 Å². The van der Waals surface area contributed by atoms with Crippen molar-refractivity contribution in [2.45, 2.75) is 78.1 Å². The number of nitrogens with zero attached hydrogens (tertiary/aromatic N) is 1. The number of benzene rings is 1. The minimum Gasteiger partial charge on any atom is -0.326 e. The highest BCUT2D eigenvalue weighted by molar-refractivity contribution is 5.92. The Morgan fingerprint density at radius 1 is 1.30 bits per heavy atom. The third-order valence-corrected chi connectivity index (χ3v) is 5.07. The first-order valence-electron chi connectivity index (χ1n) is 10.4. The van der Waals surface area contributed by atoms with Crippen LogP contribution in [0.15, 0.2) is 47.6 Å². The van der Waals surface area contributed by atoms with Crippen LogP contribution in [0, 0.1) is 6.92 Å². The van der Waals surface area contributed by atoms with Crippen LogP contribution in [-0.2, 0) is 4.79 Å². The third kappa shape index (κ3) is 6.50. The van der Waals surface area contributed by atoms with Crippen LogP contribution in [0.2, 0.25) is 0 Å². The fraction of sp³-hybridized carbons (Fsp3) is 0.500. The van der Waals surface area contributed by atoms with E-state index in [4.69, 9.17) is 4.99 Å². The van der Waals surface area contributed by atoms with Gasteiger partial charge in [0, 0.05) is 23.5 Å². The molecule has 146 valence electrons. The first-order chi connectivity index (χ1) is 13.1. The van der Waals surface area contributed by atoms with Crippen molar-refractivity contribution in [3.05, 3.63) is 53.8 Å². The molecule has 0 aromatic heterocycles. The molecule has 1 aliphatic heterocycles. The van der Waals surface area contributed by atoms with Gasteiger partial charge in [-0.3, -0.25) is 9.79 Å². The van der Waals surface area contributed by atoms with Gasteiger partial charge in [0.2, 0.25) is 5.91 Å². The molecule has 0 aliphatic carbocycles. The van der Waals surface area contributed by atoms with Gasteiger partial charge in [0.15, 0.2) is 0 Å². The molecular formula is C24H34N2O. The molecule has 27 heavy (non-hydrogen) atoms. The number of unbranched alkanes of at least 4 members (excludes halogenated alkanes) is 1. The Morgan fingerprint density at radius 2 is 2.11 bits per heavy atom. The molecule has 0 bridgehead atoms. The van der Waals surface area contributed by atoms with Crippen molar-refractivity contribution in [3.63, 3.8) is 0 Å². The van der Waals surface area contributed by atoms with Crippen LogP contribution in [0.4, 0.5) is 5.69 Å². The molecule has 1 unspecified atom stereocenters. The van der Waals surface area contributed by atoms with E-state index >= 15 is 0 Å². The number of carbonyl (C=O) groups is 1. The maximum Gasteiger partial charge on any atom is 0.224 e. The minimum absolute atomic E-state index is 0.108. The smallest absolute Gasteiger partial charge is 0.224 e. The quantitative estimate of drug-likeness (QED) is 0.383. The number of anilines is 1. The molecular weight excluding hydrogens is 332 g/mol. The summed E-state index contributed by atoms with van der Waals surface area (Å²) in [5.41, 5.74) is 5.72. The first-order valence-corrected chi connectivity index (χ1v) is 10.4. The van der Waals surface area contributed by atoms with Gasteiger partial charge >= 0.3 is 0 Å². The summed E-state index contributed by atoms with van der Waals surface area (Å²) in [6.07, 6.45) is 11.7. The minimum atomic E-state index is 0.108. The van der Waals surface area contributed by atoms with E-state index in [1.54, 1.807) is 0 Å². The zero-order valence-corrected chi connectivity index (χ0v) is 17.2. The van der Waals surface area contributed by atoms with Crippen LogP contribution in [0.5, 0.6) is 0 Å². The summed E-state index contributed by atoms with van der Waals surface area (Å²) in [5.74, 6) is 0.403. The van der Waals surface area contributed by atoms with Crippen molar-refractivity contribution in [2.75, 3.05) is 5.32 Å². The Labute approximate surface area is 164 Å². The molecule has 1 atom stereocenters. The number of rotatable bonds is 9. The van der Waals surface area contributed by atoms with Crippen molar-refractivity contribution < 1.29 is 4.79 Å². The zero-order chi connectivity index (χ0) is 19.6. The van der Waals surface area contributed by atoms with E-state index in [0.717, 1.165) is 43.5 Å². The first kappa shape index (κ1) is 21.1. The van der Waals surface area contributed by atoms with E-state index in [9.17, 15) is 4.79 Å². The number of amides is 1. The predicted molar refractivity (Wildman–Crippen MR) is 117 cm³/mol. The molecule has 0 saturated heterocycles. The second kappa shape index (κ2) is 10.9. The Morgan fingerprint density at radius 3 is 2.81 bits per heavy atom. The summed E-state index contributed by atoms with van der Waals surface area (Å²) < 4.78 is 0. The summed E-state index contributed by atoms with van der Waals surface area (Å²) in [4.78, 5) is 17.2. The number of fused-ring (bicyclic) bond motifs is 1. The van der Waals surface area contributed by atoms with Crippen LogP contribution in [-0.4, -0.2) is 11.6 Å². The fourth-order valence-corrected chi connectivity index (χ4v) is 3.67. The van der Waals surface area contributed by atoms with Gasteiger partial charge in [-0.15, -0.1) is 0 Å². The summed E-state index contributed by atoms with van der Waals surface area (Å²) in [5, 5.41) is 3.07. The average Bonchev–Trinajstić information content (AvgIpc) is 2.78. The van der Waals surface area contributed by atoms with Gasteiger partial charge in [-0.05, 0) is 68.2 Å². The topological polar surface area (TPSA) is 41.5 Å². The van der Waals surface area contributed by atoms with Gasteiger partial charge in [-0.2, -0.15) is 0 Å². The van der Waals surface area contributed by atoms with Crippen LogP contribution in [0.3, 0.4) is 0 Å². The molecule has 1 N–H and O–H groups in total. The molecule has 0 radical (unpaired) electrons. The summed E-state index contributed by atoms with van der Waals surface area (Å²) in [6.45, 7) is 10.4. The van der Waals surface area contributed by atoms with E-state index in [2.05, 4.69) is 50.9 Å². The number of nitrogens with one attached hydrogen (secondary N) is 1. The van der Waals surface area contributed by atoms with Crippen molar-refractivity contribution in [1.82, 2.24) is 0 Å². The van der Waals surface area contributed by atoms with Crippen molar-refractivity contribution >= 4 is 17.3 Å².